The third kappa shape index (κ3) is 2.62. The molecule has 30 heavy (non-hydrogen) atoms. The van der Waals surface area contributed by atoms with Crippen molar-refractivity contribution in [2.45, 2.75) is 31.7 Å². The highest BCUT2D eigenvalue weighted by atomic mass is 15.3. The zero-order valence-electron chi connectivity index (χ0n) is 16.2. The summed E-state index contributed by atoms with van der Waals surface area (Å²) in [5.41, 5.74) is 10.2. The Balaban J connectivity index is 1.64. The number of nitrogen functional groups attached to an aromatic ring is 1. The van der Waals surface area contributed by atoms with Crippen molar-refractivity contribution in [3.05, 3.63) is 36.4 Å². The minimum atomic E-state index is -0.505. The molecule has 0 aromatic carbocycles. The highest BCUT2D eigenvalue weighted by Gasteiger charge is 2.47. The first-order chi connectivity index (χ1) is 14.5. The minimum Gasteiger partial charge on any atom is -0.382 e. The first-order valence-corrected chi connectivity index (χ1v) is 9.52. The van der Waals surface area contributed by atoms with Crippen LogP contribution in [0.25, 0.3) is 28.2 Å². The molecule has 5 rings (SSSR count). The van der Waals surface area contributed by atoms with E-state index in [0.717, 1.165) is 11.2 Å². The monoisotopic (exact) mass is 398 g/mol. The highest BCUT2D eigenvalue weighted by Crippen LogP contribution is 2.47. The van der Waals surface area contributed by atoms with Gasteiger partial charge in [-0.25, -0.2) is 9.50 Å². The third-order valence-corrected chi connectivity index (χ3v) is 5.69. The lowest BCUT2D eigenvalue weighted by Gasteiger charge is -2.43. The van der Waals surface area contributed by atoms with Gasteiger partial charge in [0.25, 0.3) is 0 Å². The van der Waals surface area contributed by atoms with Gasteiger partial charge in [0.05, 0.1) is 53.5 Å². The molecule has 10 nitrogen and oxygen atoms in total. The van der Waals surface area contributed by atoms with E-state index in [4.69, 9.17) is 10.7 Å². The van der Waals surface area contributed by atoms with Gasteiger partial charge in [-0.15, -0.1) is 0 Å². The Morgan fingerprint density at radius 2 is 2.13 bits per heavy atom. The van der Waals surface area contributed by atoms with Gasteiger partial charge in [-0.05, 0) is 31.9 Å². The second-order valence-corrected chi connectivity index (χ2v) is 7.74. The summed E-state index contributed by atoms with van der Waals surface area (Å²) < 4.78 is 3.48. The molecule has 1 saturated carbocycles. The Labute approximate surface area is 171 Å². The number of nitrogens with two attached hydrogens (primary N) is 1. The largest absolute Gasteiger partial charge is 0.382 e. The molecule has 3 N–H and O–H groups in total. The summed E-state index contributed by atoms with van der Waals surface area (Å²) in [5.74, 6) is 0.247. The number of fused-ring (bicyclic) bond motifs is 1. The molecule has 0 unspecified atom stereocenters. The molecule has 148 valence electrons. The molecule has 0 aliphatic heterocycles. The van der Waals surface area contributed by atoms with Gasteiger partial charge in [-0.1, -0.05) is 0 Å². The Bertz CT molecular complexity index is 1340. The minimum absolute atomic E-state index is 0.0712. The quantitative estimate of drug-likeness (QED) is 0.536. The molecule has 0 spiro atoms. The average Bonchev–Trinajstić information content (AvgIpc) is 3.43. The number of aromatic nitrogens is 7. The predicted octanol–water partition coefficient (Wildman–Crippen LogP) is 2.42. The van der Waals surface area contributed by atoms with E-state index in [-0.39, 0.29) is 12.3 Å². The van der Waals surface area contributed by atoms with E-state index >= 15 is 0 Å². The van der Waals surface area contributed by atoms with Gasteiger partial charge in [0, 0.05) is 11.9 Å². The molecule has 0 radical (unpaired) electrons. The van der Waals surface area contributed by atoms with Crippen molar-refractivity contribution in [3.8, 4) is 34.8 Å². The maximum atomic E-state index is 9.32. The van der Waals surface area contributed by atoms with Gasteiger partial charge < -0.3 is 5.73 Å². The van der Waals surface area contributed by atoms with Gasteiger partial charge in [-0.3, -0.25) is 9.78 Å². The van der Waals surface area contributed by atoms with Crippen molar-refractivity contribution >= 4 is 11.3 Å². The molecular weight excluding hydrogens is 380 g/mol. The number of nitrogens with one attached hydrogen (secondary N) is 1. The Kier molecular flexibility index (Phi) is 3.83. The number of nitrogens with zero attached hydrogens (tertiary/aromatic N) is 8. The van der Waals surface area contributed by atoms with Crippen LogP contribution in [0.2, 0.25) is 0 Å². The van der Waals surface area contributed by atoms with Crippen molar-refractivity contribution in [1.82, 2.24) is 34.6 Å². The van der Waals surface area contributed by atoms with Gasteiger partial charge in [0.1, 0.15) is 17.1 Å². The van der Waals surface area contributed by atoms with Gasteiger partial charge in [0.15, 0.2) is 5.82 Å². The number of nitriles is 2. The number of aryl methyl sites for hydroxylation is 1. The van der Waals surface area contributed by atoms with Crippen molar-refractivity contribution in [2.75, 3.05) is 5.73 Å². The molecule has 4 aromatic rings. The molecule has 0 amide bonds. The fourth-order valence-corrected chi connectivity index (χ4v) is 4.12. The van der Waals surface area contributed by atoms with E-state index in [9.17, 15) is 10.5 Å². The lowest BCUT2D eigenvalue weighted by Crippen LogP contribution is -2.46. The van der Waals surface area contributed by atoms with Crippen molar-refractivity contribution in [1.29, 1.82) is 10.5 Å². The van der Waals surface area contributed by atoms with Crippen LogP contribution < -0.4 is 5.73 Å². The van der Waals surface area contributed by atoms with Crippen LogP contribution in [0, 0.1) is 35.5 Å². The normalized spacial score (nSPS) is 20.6. The number of H-pyrrole nitrogens is 1. The number of rotatable bonds is 4. The van der Waals surface area contributed by atoms with Crippen LogP contribution in [-0.2, 0) is 5.54 Å². The zero-order valence-corrected chi connectivity index (χ0v) is 16.2. The van der Waals surface area contributed by atoms with Crippen molar-refractivity contribution in [3.63, 3.8) is 0 Å². The van der Waals surface area contributed by atoms with E-state index in [1.54, 1.807) is 15.4 Å². The molecule has 0 saturated heterocycles. The van der Waals surface area contributed by atoms with Crippen LogP contribution in [0.15, 0.2) is 30.7 Å². The lowest BCUT2D eigenvalue weighted by atomic mass is 9.67. The molecule has 10 heteroatoms. The zero-order chi connectivity index (χ0) is 20.9. The van der Waals surface area contributed by atoms with E-state index < -0.39 is 5.54 Å². The van der Waals surface area contributed by atoms with E-state index in [0.29, 0.717) is 41.3 Å². The molecular formula is C20H18N10. The van der Waals surface area contributed by atoms with Crippen LogP contribution in [0.4, 0.5) is 5.82 Å². The second-order valence-electron chi connectivity index (χ2n) is 7.74. The summed E-state index contributed by atoms with van der Waals surface area (Å²) in [6.45, 7) is 1.92. The molecule has 4 aromatic heterocycles. The number of hydrogen-bond acceptors (Lipinski definition) is 7. The van der Waals surface area contributed by atoms with Crippen LogP contribution in [0.5, 0.6) is 0 Å². The highest BCUT2D eigenvalue weighted by molar-refractivity contribution is 5.83. The second kappa shape index (κ2) is 6.42. The third-order valence-electron chi connectivity index (χ3n) is 5.69. The summed E-state index contributed by atoms with van der Waals surface area (Å²) in [5, 5.41) is 34.6. The van der Waals surface area contributed by atoms with Gasteiger partial charge in [0.2, 0.25) is 0 Å². The topological polar surface area (TPSA) is 150 Å². The average molecular weight is 398 g/mol. The molecule has 1 aliphatic rings. The Morgan fingerprint density at radius 1 is 1.30 bits per heavy atom. The fourth-order valence-electron chi connectivity index (χ4n) is 4.12. The maximum absolute atomic E-state index is 9.32. The summed E-state index contributed by atoms with van der Waals surface area (Å²) in [6.07, 6.45) is 6.78. The van der Waals surface area contributed by atoms with Crippen molar-refractivity contribution in [2.24, 2.45) is 5.92 Å². The maximum Gasteiger partial charge on any atom is 0.155 e. The molecule has 0 bridgehead atoms. The molecule has 1 fully saturated rings. The standard InChI is InChI=1S/C20H18N10/c1-12-6-15(27-26-12)16-11-29-17(2-5-24-29)18(25-16)14-10-30(28-19(14)23)20(3-4-21)7-13(8-20)9-22/h2,5-6,10-11,13H,3,7-8H2,1H3,(H2,23,28)(H,26,27). The number of anilines is 1. The van der Waals surface area contributed by atoms with E-state index in [1.807, 2.05) is 31.5 Å². The summed E-state index contributed by atoms with van der Waals surface area (Å²) in [7, 11) is 0. The van der Waals surface area contributed by atoms with Crippen LogP contribution in [0.1, 0.15) is 25.0 Å². The summed E-state index contributed by atoms with van der Waals surface area (Å²) in [6, 6.07) is 8.27. The summed E-state index contributed by atoms with van der Waals surface area (Å²) in [4.78, 5) is 4.81. The fraction of sp³-hybridized carbons (Fsp3) is 0.300. The summed E-state index contributed by atoms with van der Waals surface area (Å²) >= 11 is 0. The van der Waals surface area contributed by atoms with E-state index in [2.05, 4.69) is 32.5 Å². The number of aromatic amines is 1. The van der Waals surface area contributed by atoms with Crippen LogP contribution >= 0.6 is 0 Å². The van der Waals surface area contributed by atoms with E-state index in [1.165, 1.54) is 0 Å². The SMILES string of the molecule is Cc1cc(-c2cn3nccc3c(-c3cn(C4(CC#N)CC(C#N)C4)nc3N)n2)n[nH]1. The Hall–Kier alpha value is -4.18. The Morgan fingerprint density at radius 3 is 2.83 bits per heavy atom. The first kappa shape index (κ1) is 17.9. The predicted molar refractivity (Wildman–Crippen MR) is 107 cm³/mol. The lowest BCUT2D eigenvalue weighted by molar-refractivity contribution is 0.0885. The van der Waals surface area contributed by atoms with Crippen LogP contribution in [0.3, 0.4) is 0 Å². The smallest absolute Gasteiger partial charge is 0.155 e. The van der Waals surface area contributed by atoms with Gasteiger partial charge in [-0.2, -0.15) is 25.8 Å². The first-order valence-electron chi connectivity index (χ1n) is 9.52. The van der Waals surface area contributed by atoms with Crippen LogP contribution in [-0.4, -0.2) is 34.6 Å². The van der Waals surface area contributed by atoms with Gasteiger partial charge >= 0.3 is 0 Å². The molecule has 1 aliphatic carbocycles. The van der Waals surface area contributed by atoms with Crippen molar-refractivity contribution < 1.29 is 0 Å². The molecule has 0 atom stereocenters. The molecule has 4 heterocycles. The number of hydrogen-bond donors (Lipinski definition) is 2.